The SMILES string of the molecule is CCOc1cc(CNc2ccc(C(=O)O)cc2)ccc1OC(=O)c1ccccc1Cl. The van der Waals surface area contributed by atoms with Gasteiger partial charge in [0.25, 0.3) is 0 Å². The van der Waals surface area contributed by atoms with Gasteiger partial charge in [0.05, 0.1) is 22.8 Å². The summed E-state index contributed by atoms with van der Waals surface area (Å²) in [6.07, 6.45) is 0. The van der Waals surface area contributed by atoms with Crippen LogP contribution in [0, 0.1) is 0 Å². The molecule has 0 fully saturated rings. The Kier molecular flexibility index (Phi) is 6.93. The molecule has 0 saturated carbocycles. The van der Waals surface area contributed by atoms with E-state index in [9.17, 15) is 9.59 Å². The van der Waals surface area contributed by atoms with Crippen molar-refractivity contribution in [2.45, 2.75) is 13.5 Å². The van der Waals surface area contributed by atoms with Crippen molar-refractivity contribution in [2.24, 2.45) is 0 Å². The molecule has 0 aliphatic rings. The number of carbonyl (C=O) groups excluding carboxylic acids is 1. The predicted octanol–water partition coefficient (Wildman–Crippen LogP) is 5.27. The Bertz CT molecular complexity index is 1050. The van der Waals surface area contributed by atoms with Gasteiger partial charge in [0, 0.05) is 12.2 Å². The van der Waals surface area contributed by atoms with Gasteiger partial charge in [-0.2, -0.15) is 0 Å². The highest BCUT2D eigenvalue weighted by molar-refractivity contribution is 6.33. The van der Waals surface area contributed by atoms with Crippen LogP contribution in [0.5, 0.6) is 11.5 Å². The van der Waals surface area contributed by atoms with Gasteiger partial charge in [0.2, 0.25) is 0 Å². The number of carboxylic acids is 1. The highest BCUT2D eigenvalue weighted by atomic mass is 35.5. The van der Waals surface area contributed by atoms with Crippen molar-refractivity contribution in [1.29, 1.82) is 0 Å². The van der Waals surface area contributed by atoms with Gasteiger partial charge < -0.3 is 19.9 Å². The molecule has 3 aromatic carbocycles. The zero-order chi connectivity index (χ0) is 21.5. The van der Waals surface area contributed by atoms with E-state index in [4.69, 9.17) is 26.2 Å². The number of nitrogens with one attached hydrogen (secondary N) is 1. The Balaban J connectivity index is 1.72. The zero-order valence-corrected chi connectivity index (χ0v) is 17.0. The molecule has 0 aliphatic carbocycles. The van der Waals surface area contributed by atoms with Gasteiger partial charge in [-0.25, -0.2) is 9.59 Å². The molecule has 3 rings (SSSR count). The second kappa shape index (κ2) is 9.80. The van der Waals surface area contributed by atoms with Crippen LogP contribution in [0.25, 0.3) is 0 Å². The number of benzene rings is 3. The number of esters is 1. The first-order chi connectivity index (χ1) is 14.5. The normalized spacial score (nSPS) is 10.3. The maximum absolute atomic E-state index is 12.4. The number of ether oxygens (including phenoxy) is 2. The van der Waals surface area contributed by atoms with E-state index in [1.54, 1.807) is 48.5 Å². The summed E-state index contributed by atoms with van der Waals surface area (Å²) in [7, 11) is 0. The van der Waals surface area contributed by atoms with Crippen LogP contribution in [0.15, 0.2) is 66.7 Å². The lowest BCUT2D eigenvalue weighted by molar-refractivity contribution is 0.0694. The minimum Gasteiger partial charge on any atom is -0.490 e. The van der Waals surface area contributed by atoms with Crippen LogP contribution in [0.3, 0.4) is 0 Å². The molecule has 7 heteroatoms. The number of hydrogen-bond donors (Lipinski definition) is 2. The Morgan fingerprint density at radius 1 is 1.00 bits per heavy atom. The molecule has 0 heterocycles. The van der Waals surface area contributed by atoms with Crippen LogP contribution < -0.4 is 14.8 Å². The van der Waals surface area contributed by atoms with E-state index in [2.05, 4.69) is 5.32 Å². The van der Waals surface area contributed by atoms with Gasteiger partial charge in [-0.3, -0.25) is 0 Å². The van der Waals surface area contributed by atoms with E-state index in [1.807, 2.05) is 13.0 Å². The van der Waals surface area contributed by atoms with Crippen molar-refractivity contribution in [3.05, 3.63) is 88.4 Å². The van der Waals surface area contributed by atoms with Crippen LogP contribution in [0.4, 0.5) is 5.69 Å². The molecule has 0 aromatic heterocycles. The van der Waals surface area contributed by atoms with Crippen molar-refractivity contribution in [2.75, 3.05) is 11.9 Å². The average molecular weight is 426 g/mol. The van der Waals surface area contributed by atoms with Crippen molar-refractivity contribution in [1.82, 2.24) is 0 Å². The summed E-state index contributed by atoms with van der Waals surface area (Å²) < 4.78 is 11.1. The predicted molar refractivity (Wildman–Crippen MR) is 115 cm³/mol. The summed E-state index contributed by atoms with van der Waals surface area (Å²) >= 11 is 6.07. The van der Waals surface area contributed by atoms with Crippen LogP contribution in [-0.2, 0) is 6.54 Å². The van der Waals surface area contributed by atoms with Crippen molar-refractivity contribution < 1.29 is 24.2 Å². The van der Waals surface area contributed by atoms with E-state index < -0.39 is 11.9 Å². The Morgan fingerprint density at radius 2 is 1.73 bits per heavy atom. The molecule has 0 saturated heterocycles. The second-order valence-electron chi connectivity index (χ2n) is 6.32. The first-order valence-electron chi connectivity index (χ1n) is 9.27. The molecule has 0 amide bonds. The zero-order valence-electron chi connectivity index (χ0n) is 16.2. The maximum atomic E-state index is 12.4. The number of carbonyl (C=O) groups is 2. The van der Waals surface area contributed by atoms with Gasteiger partial charge >= 0.3 is 11.9 Å². The molecule has 2 N–H and O–H groups in total. The van der Waals surface area contributed by atoms with Crippen molar-refractivity contribution in [3.8, 4) is 11.5 Å². The van der Waals surface area contributed by atoms with Crippen LogP contribution in [0.1, 0.15) is 33.2 Å². The third-order valence-corrected chi connectivity index (χ3v) is 4.56. The first kappa shape index (κ1) is 21.2. The molecular weight excluding hydrogens is 406 g/mol. The smallest absolute Gasteiger partial charge is 0.345 e. The fraction of sp³-hybridized carbons (Fsp3) is 0.130. The highest BCUT2D eigenvalue weighted by Gasteiger charge is 2.15. The second-order valence-corrected chi connectivity index (χ2v) is 6.73. The summed E-state index contributed by atoms with van der Waals surface area (Å²) in [5, 5.41) is 12.5. The Morgan fingerprint density at radius 3 is 2.40 bits per heavy atom. The van der Waals surface area contributed by atoms with E-state index in [1.165, 1.54) is 12.1 Å². The Hall–Kier alpha value is -3.51. The van der Waals surface area contributed by atoms with Gasteiger partial charge in [0.15, 0.2) is 11.5 Å². The lowest BCUT2D eigenvalue weighted by atomic mass is 10.1. The Labute approximate surface area is 179 Å². The minimum absolute atomic E-state index is 0.226. The van der Waals surface area contributed by atoms with Gasteiger partial charge in [-0.05, 0) is 61.0 Å². The third kappa shape index (κ3) is 5.30. The lowest BCUT2D eigenvalue weighted by Gasteiger charge is -2.13. The fourth-order valence-corrected chi connectivity index (χ4v) is 2.94. The molecule has 0 radical (unpaired) electrons. The van der Waals surface area contributed by atoms with Crippen LogP contribution in [-0.4, -0.2) is 23.7 Å². The third-order valence-electron chi connectivity index (χ3n) is 4.23. The monoisotopic (exact) mass is 425 g/mol. The summed E-state index contributed by atoms with van der Waals surface area (Å²) in [5.41, 5.74) is 2.19. The fourth-order valence-electron chi connectivity index (χ4n) is 2.73. The summed E-state index contributed by atoms with van der Waals surface area (Å²) in [6, 6.07) is 18.4. The first-order valence-corrected chi connectivity index (χ1v) is 9.65. The van der Waals surface area contributed by atoms with E-state index in [0.717, 1.165) is 11.3 Å². The molecule has 0 aliphatic heterocycles. The minimum atomic E-state index is -0.968. The highest BCUT2D eigenvalue weighted by Crippen LogP contribution is 2.30. The molecule has 0 bridgehead atoms. The summed E-state index contributed by atoms with van der Waals surface area (Å²) in [6.45, 7) is 2.73. The molecule has 0 unspecified atom stereocenters. The number of carboxylic acid groups (broad SMARTS) is 1. The van der Waals surface area contributed by atoms with Crippen LogP contribution in [0.2, 0.25) is 5.02 Å². The molecule has 30 heavy (non-hydrogen) atoms. The average Bonchev–Trinajstić information content (AvgIpc) is 2.74. The van der Waals surface area contributed by atoms with Crippen LogP contribution >= 0.6 is 11.6 Å². The molecule has 0 spiro atoms. The largest absolute Gasteiger partial charge is 0.490 e. The molecule has 6 nitrogen and oxygen atoms in total. The van der Waals surface area contributed by atoms with Gasteiger partial charge in [-0.1, -0.05) is 29.8 Å². The number of aromatic carboxylic acids is 1. The topological polar surface area (TPSA) is 84.9 Å². The standard InChI is InChI=1S/C23H20ClNO5/c1-2-29-21-13-15(14-25-17-10-8-16(9-11-17)22(26)27)7-12-20(21)30-23(28)18-5-3-4-6-19(18)24/h3-13,25H,2,14H2,1H3,(H,26,27). The van der Waals surface area contributed by atoms with Crippen molar-refractivity contribution >= 4 is 29.2 Å². The maximum Gasteiger partial charge on any atom is 0.345 e. The molecule has 154 valence electrons. The quantitative estimate of drug-likeness (QED) is 0.378. The van der Waals surface area contributed by atoms with E-state index in [-0.39, 0.29) is 11.1 Å². The molecular formula is C23H20ClNO5. The number of halogens is 1. The lowest BCUT2D eigenvalue weighted by Crippen LogP contribution is -2.10. The van der Waals surface area contributed by atoms with E-state index in [0.29, 0.717) is 29.7 Å². The van der Waals surface area contributed by atoms with Gasteiger partial charge in [-0.15, -0.1) is 0 Å². The summed E-state index contributed by atoms with van der Waals surface area (Å²) in [4.78, 5) is 23.4. The number of hydrogen-bond acceptors (Lipinski definition) is 5. The molecule has 3 aromatic rings. The summed E-state index contributed by atoms with van der Waals surface area (Å²) in [5.74, 6) is -0.787. The van der Waals surface area contributed by atoms with Gasteiger partial charge in [0.1, 0.15) is 0 Å². The molecule has 0 atom stereocenters. The number of anilines is 1. The number of rotatable bonds is 8. The van der Waals surface area contributed by atoms with E-state index >= 15 is 0 Å². The van der Waals surface area contributed by atoms with Crippen molar-refractivity contribution in [3.63, 3.8) is 0 Å².